The van der Waals surface area contributed by atoms with E-state index >= 15 is 0 Å². The van der Waals surface area contributed by atoms with Crippen LogP contribution in [0.2, 0.25) is 10.0 Å². The van der Waals surface area contributed by atoms with E-state index in [9.17, 15) is 0 Å². The van der Waals surface area contributed by atoms with Crippen LogP contribution < -0.4 is 9.47 Å². The molecule has 0 aromatic heterocycles. The van der Waals surface area contributed by atoms with E-state index in [1.807, 2.05) is 43.3 Å². The third-order valence-corrected chi connectivity index (χ3v) is 4.96. The van der Waals surface area contributed by atoms with E-state index in [1.54, 1.807) is 19.4 Å². The standard InChI is InChI=1S/C23H21Cl2NO2/c1-15-4-7-17(8-5-15)14-28-23-21(25)10-18(11-22(23)27-3)13-26-19-9-6-16(2)20(24)12-19/h4-13H,14H2,1-3H3. The molecule has 0 amide bonds. The van der Waals surface area contributed by atoms with E-state index in [2.05, 4.69) is 24.0 Å². The molecule has 0 unspecified atom stereocenters. The molecular formula is C23H21Cl2NO2. The van der Waals surface area contributed by atoms with Gasteiger partial charge < -0.3 is 9.47 Å². The van der Waals surface area contributed by atoms with Crippen LogP contribution in [0.1, 0.15) is 22.3 Å². The van der Waals surface area contributed by atoms with Crippen molar-refractivity contribution in [3.05, 3.63) is 86.9 Å². The molecule has 144 valence electrons. The molecule has 3 aromatic rings. The van der Waals surface area contributed by atoms with Gasteiger partial charge in [0.25, 0.3) is 0 Å². The van der Waals surface area contributed by atoms with Crippen molar-refractivity contribution in [2.24, 2.45) is 4.99 Å². The zero-order valence-electron chi connectivity index (χ0n) is 16.0. The summed E-state index contributed by atoms with van der Waals surface area (Å²) in [7, 11) is 1.59. The summed E-state index contributed by atoms with van der Waals surface area (Å²) in [5, 5.41) is 1.15. The molecule has 0 atom stereocenters. The van der Waals surface area contributed by atoms with Crippen LogP contribution in [0.25, 0.3) is 0 Å². The lowest BCUT2D eigenvalue weighted by atomic mass is 10.1. The summed E-state index contributed by atoms with van der Waals surface area (Å²) in [5.74, 6) is 1.07. The SMILES string of the molecule is COc1cc(C=Nc2ccc(C)c(Cl)c2)cc(Cl)c1OCc1ccc(C)cc1. The van der Waals surface area contributed by atoms with Crippen LogP contribution >= 0.6 is 23.2 Å². The molecular weight excluding hydrogens is 393 g/mol. The zero-order chi connectivity index (χ0) is 20.1. The molecule has 3 nitrogen and oxygen atoms in total. The minimum absolute atomic E-state index is 0.408. The summed E-state index contributed by atoms with van der Waals surface area (Å²) in [6, 6.07) is 17.5. The van der Waals surface area contributed by atoms with E-state index in [0.717, 1.165) is 22.4 Å². The lowest BCUT2D eigenvalue weighted by Gasteiger charge is -2.13. The normalized spacial score (nSPS) is 11.0. The second-order valence-corrected chi connectivity index (χ2v) is 7.31. The summed E-state index contributed by atoms with van der Waals surface area (Å²) in [6.45, 7) is 4.41. The summed E-state index contributed by atoms with van der Waals surface area (Å²) < 4.78 is 11.4. The Labute approximate surface area is 175 Å². The first-order valence-corrected chi connectivity index (χ1v) is 9.58. The van der Waals surface area contributed by atoms with Crippen molar-refractivity contribution in [3.8, 4) is 11.5 Å². The Morgan fingerprint density at radius 3 is 2.36 bits per heavy atom. The van der Waals surface area contributed by atoms with Crippen molar-refractivity contribution in [1.82, 2.24) is 0 Å². The zero-order valence-corrected chi connectivity index (χ0v) is 17.5. The first kappa shape index (κ1) is 20.2. The van der Waals surface area contributed by atoms with Crippen LogP contribution in [0.15, 0.2) is 59.6 Å². The molecule has 28 heavy (non-hydrogen) atoms. The Bertz CT molecular complexity index is 998. The molecule has 3 aromatic carbocycles. The highest BCUT2D eigenvalue weighted by atomic mass is 35.5. The van der Waals surface area contributed by atoms with Gasteiger partial charge in [-0.15, -0.1) is 0 Å². The summed E-state index contributed by atoms with van der Waals surface area (Å²) in [4.78, 5) is 4.46. The molecule has 0 aliphatic carbocycles. The topological polar surface area (TPSA) is 30.8 Å². The minimum atomic E-state index is 0.408. The second kappa shape index (κ2) is 9.13. The second-order valence-electron chi connectivity index (χ2n) is 6.50. The quantitative estimate of drug-likeness (QED) is 0.409. The Balaban J connectivity index is 1.79. The van der Waals surface area contributed by atoms with E-state index in [-0.39, 0.29) is 0 Å². The Morgan fingerprint density at radius 1 is 0.929 bits per heavy atom. The lowest BCUT2D eigenvalue weighted by molar-refractivity contribution is 0.284. The highest BCUT2D eigenvalue weighted by molar-refractivity contribution is 6.32. The van der Waals surface area contributed by atoms with Crippen molar-refractivity contribution in [2.45, 2.75) is 20.5 Å². The highest BCUT2D eigenvalue weighted by Gasteiger charge is 2.12. The van der Waals surface area contributed by atoms with Crippen LogP contribution in [0.3, 0.4) is 0 Å². The average molecular weight is 414 g/mol. The Kier molecular flexibility index (Phi) is 6.61. The maximum Gasteiger partial charge on any atom is 0.180 e. The van der Waals surface area contributed by atoms with Crippen LogP contribution in [-0.4, -0.2) is 13.3 Å². The molecule has 0 heterocycles. The first-order chi connectivity index (χ1) is 13.5. The van der Waals surface area contributed by atoms with Crippen LogP contribution in [-0.2, 0) is 6.61 Å². The molecule has 0 spiro atoms. The van der Waals surface area contributed by atoms with Gasteiger partial charge in [-0.05, 0) is 54.8 Å². The molecule has 0 aliphatic heterocycles. The third kappa shape index (κ3) is 5.06. The number of nitrogens with zero attached hydrogens (tertiary/aromatic N) is 1. The van der Waals surface area contributed by atoms with Crippen molar-refractivity contribution >= 4 is 35.1 Å². The van der Waals surface area contributed by atoms with Crippen LogP contribution in [0.4, 0.5) is 5.69 Å². The van der Waals surface area contributed by atoms with Crippen LogP contribution in [0.5, 0.6) is 11.5 Å². The van der Waals surface area contributed by atoms with Gasteiger partial charge in [0.15, 0.2) is 11.5 Å². The number of ether oxygens (including phenoxy) is 2. The number of aliphatic imine (C=N–C) groups is 1. The van der Waals surface area contributed by atoms with Gasteiger partial charge in [-0.2, -0.15) is 0 Å². The third-order valence-electron chi connectivity index (χ3n) is 4.27. The summed E-state index contributed by atoms with van der Waals surface area (Å²) in [6.07, 6.45) is 1.72. The number of methoxy groups -OCH3 is 1. The van der Waals surface area contributed by atoms with Gasteiger partial charge in [0.1, 0.15) is 6.61 Å². The van der Waals surface area contributed by atoms with Gasteiger partial charge in [0, 0.05) is 11.2 Å². The predicted octanol–water partition coefficient (Wildman–Crippen LogP) is 6.95. The van der Waals surface area contributed by atoms with Gasteiger partial charge in [0.2, 0.25) is 0 Å². The molecule has 0 radical (unpaired) electrons. The van der Waals surface area contributed by atoms with E-state index in [1.165, 1.54) is 5.56 Å². The smallest absolute Gasteiger partial charge is 0.180 e. The number of rotatable bonds is 6. The molecule has 0 fully saturated rings. The average Bonchev–Trinajstić information content (AvgIpc) is 2.69. The molecule has 5 heteroatoms. The fourth-order valence-electron chi connectivity index (χ4n) is 2.61. The van der Waals surface area contributed by atoms with Gasteiger partial charge in [0.05, 0.1) is 17.8 Å². The summed E-state index contributed by atoms with van der Waals surface area (Å²) in [5.41, 5.74) is 4.86. The van der Waals surface area contributed by atoms with E-state index in [4.69, 9.17) is 32.7 Å². The molecule has 0 N–H and O–H groups in total. The fourth-order valence-corrected chi connectivity index (χ4v) is 3.05. The van der Waals surface area contributed by atoms with Gasteiger partial charge >= 0.3 is 0 Å². The van der Waals surface area contributed by atoms with Crippen LogP contribution in [0, 0.1) is 13.8 Å². The lowest BCUT2D eigenvalue weighted by Crippen LogP contribution is -1.99. The first-order valence-electron chi connectivity index (χ1n) is 8.82. The molecule has 0 bridgehead atoms. The molecule has 0 aliphatic rings. The Morgan fingerprint density at radius 2 is 1.68 bits per heavy atom. The number of hydrogen-bond acceptors (Lipinski definition) is 3. The van der Waals surface area contributed by atoms with Crippen molar-refractivity contribution in [3.63, 3.8) is 0 Å². The number of aryl methyl sites for hydroxylation is 2. The minimum Gasteiger partial charge on any atom is -0.493 e. The predicted molar refractivity (Wildman–Crippen MR) is 117 cm³/mol. The van der Waals surface area contributed by atoms with E-state index < -0.39 is 0 Å². The fraction of sp³-hybridized carbons (Fsp3) is 0.174. The van der Waals surface area contributed by atoms with E-state index in [0.29, 0.717) is 28.2 Å². The Hall–Kier alpha value is -2.49. The van der Waals surface area contributed by atoms with Crippen molar-refractivity contribution < 1.29 is 9.47 Å². The number of hydrogen-bond donors (Lipinski definition) is 0. The molecule has 0 saturated carbocycles. The van der Waals surface area contributed by atoms with Gasteiger partial charge in [-0.1, -0.05) is 59.1 Å². The largest absolute Gasteiger partial charge is 0.493 e. The highest BCUT2D eigenvalue weighted by Crippen LogP contribution is 2.36. The van der Waals surface area contributed by atoms with Gasteiger partial charge in [-0.25, -0.2) is 0 Å². The molecule has 3 rings (SSSR count). The van der Waals surface area contributed by atoms with Gasteiger partial charge in [-0.3, -0.25) is 4.99 Å². The number of halogens is 2. The summed E-state index contributed by atoms with van der Waals surface area (Å²) >= 11 is 12.6. The maximum atomic E-state index is 6.44. The van der Waals surface area contributed by atoms with Crippen molar-refractivity contribution in [1.29, 1.82) is 0 Å². The monoisotopic (exact) mass is 413 g/mol. The maximum absolute atomic E-state index is 6.44. The molecule has 0 saturated heterocycles. The number of benzene rings is 3. The van der Waals surface area contributed by atoms with Crippen molar-refractivity contribution in [2.75, 3.05) is 7.11 Å².